The molecule has 2 fully saturated rings. The number of amides is 2. The Bertz CT molecular complexity index is 3460. The molecule has 0 atom stereocenters. The number of nitriles is 2. The van der Waals surface area contributed by atoms with Gasteiger partial charge in [-0.05, 0) is 111 Å². The second kappa shape index (κ2) is 22.9. The largest absolute Gasteiger partial charge is 0.480 e. The summed E-state index contributed by atoms with van der Waals surface area (Å²) in [5.41, 5.74) is 11.9. The lowest BCUT2D eigenvalue weighted by atomic mass is 9.98. The highest BCUT2D eigenvalue weighted by Crippen LogP contribution is 2.37. The molecule has 370 valence electrons. The normalized spacial score (nSPS) is 15.2. The molecule has 0 bridgehead atoms. The number of carboxylic acids is 2. The van der Waals surface area contributed by atoms with Gasteiger partial charge in [-0.15, -0.1) is 0 Å². The molecular formula is C60H45N5O6S4. The van der Waals surface area contributed by atoms with Gasteiger partial charge in [-0.1, -0.05) is 183 Å². The van der Waals surface area contributed by atoms with Crippen LogP contribution in [0.15, 0.2) is 143 Å². The van der Waals surface area contributed by atoms with Crippen LogP contribution in [0.1, 0.15) is 66.0 Å². The lowest BCUT2D eigenvalue weighted by molar-refractivity contribution is -0.140. The number of aryl methyl sites for hydroxylation is 1. The first kappa shape index (κ1) is 51.7. The number of carbonyl (C=O) groups excluding carboxylic acids is 2. The number of fused-ring (bicyclic) bond motifs is 3. The minimum Gasteiger partial charge on any atom is -0.480 e. The van der Waals surface area contributed by atoms with Gasteiger partial charge in [-0.25, -0.2) is 0 Å². The fourth-order valence-corrected chi connectivity index (χ4v) is 11.5. The summed E-state index contributed by atoms with van der Waals surface area (Å²) in [4.78, 5) is 50.8. The number of carboxylic acid groups (broad SMARTS) is 2. The molecule has 1 aromatic heterocycles. The van der Waals surface area contributed by atoms with Crippen molar-refractivity contribution in [3.05, 3.63) is 177 Å². The predicted octanol–water partition coefficient (Wildman–Crippen LogP) is 13.4. The van der Waals surface area contributed by atoms with Crippen LogP contribution in [0, 0.1) is 22.7 Å². The first-order chi connectivity index (χ1) is 36.3. The molecule has 0 aliphatic carbocycles. The third-order valence-electron chi connectivity index (χ3n) is 12.8. The second-order valence-electron chi connectivity index (χ2n) is 17.8. The van der Waals surface area contributed by atoms with Crippen LogP contribution in [0.3, 0.4) is 0 Å². The van der Waals surface area contributed by atoms with Crippen LogP contribution < -0.4 is 0 Å². The van der Waals surface area contributed by atoms with Gasteiger partial charge < -0.3 is 14.8 Å². The van der Waals surface area contributed by atoms with Crippen LogP contribution in [0.5, 0.6) is 0 Å². The predicted molar refractivity (Wildman–Crippen MR) is 309 cm³/mol. The molecule has 15 heteroatoms. The maximum atomic E-state index is 12.8. The number of nitrogens with zero attached hydrogens (tertiary/aromatic N) is 5. The highest BCUT2D eigenvalue weighted by Gasteiger charge is 2.34. The van der Waals surface area contributed by atoms with Gasteiger partial charge in [0.2, 0.25) is 0 Å². The SMILES string of the molecule is CCCCCCn1c2ccc(/C=C(\C#N)c3ccc(-c4ccc(/C=C5/SC(=S)N(CC(=O)O)C5=O)cc4)cc3)cc2c2cc(/C=C(\C#N)c3ccc(-c4ccc(/C=C5/SC(=S)N(CC(=O)O)C5=O)cc4)cc3)ccc21. The van der Waals surface area contributed by atoms with E-state index >= 15 is 0 Å². The molecule has 2 aliphatic rings. The van der Waals surface area contributed by atoms with E-state index in [4.69, 9.17) is 34.6 Å². The molecule has 2 aliphatic heterocycles. The van der Waals surface area contributed by atoms with E-state index in [9.17, 15) is 29.7 Å². The minimum atomic E-state index is -1.13. The zero-order valence-corrected chi connectivity index (χ0v) is 43.6. The summed E-state index contributed by atoms with van der Waals surface area (Å²) >= 11 is 12.6. The molecule has 9 rings (SSSR count). The zero-order valence-electron chi connectivity index (χ0n) is 40.4. The molecule has 7 aromatic rings. The molecule has 2 amide bonds. The molecule has 0 spiro atoms. The maximum absolute atomic E-state index is 12.8. The molecule has 75 heavy (non-hydrogen) atoms. The number of allylic oxidation sites excluding steroid dienone is 2. The van der Waals surface area contributed by atoms with Crippen molar-refractivity contribution in [2.75, 3.05) is 13.1 Å². The van der Waals surface area contributed by atoms with E-state index in [2.05, 4.69) is 60.0 Å². The summed E-state index contributed by atoms with van der Waals surface area (Å²) in [5, 5.41) is 41.3. The van der Waals surface area contributed by atoms with Gasteiger partial charge >= 0.3 is 11.9 Å². The van der Waals surface area contributed by atoms with Crippen LogP contribution in [-0.2, 0) is 25.7 Å². The van der Waals surface area contributed by atoms with Crippen LogP contribution in [-0.4, -0.2) is 70.1 Å². The maximum Gasteiger partial charge on any atom is 0.323 e. The Labute approximate surface area is 452 Å². The van der Waals surface area contributed by atoms with Crippen molar-refractivity contribution in [1.29, 1.82) is 10.5 Å². The van der Waals surface area contributed by atoms with E-state index in [1.54, 1.807) is 12.2 Å². The van der Waals surface area contributed by atoms with Crippen LogP contribution in [0.4, 0.5) is 0 Å². The van der Waals surface area contributed by atoms with Gasteiger partial charge in [0.15, 0.2) is 0 Å². The third-order valence-corrected chi connectivity index (χ3v) is 15.6. The van der Waals surface area contributed by atoms with Crippen molar-refractivity contribution in [2.45, 2.75) is 39.2 Å². The number of carbonyl (C=O) groups is 4. The first-order valence-corrected chi connectivity index (χ1v) is 26.4. The van der Waals surface area contributed by atoms with Crippen LogP contribution in [0.25, 0.3) is 79.5 Å². The fraction of sp³-hybridized carbons (Fsp3) is 0.133. The summed E-state index contributed by atoms with van der Waals surface area (Å²) in [5.74, 6) is -3.11. The van der Waals surface area contributed by atoms with Crippen molar-refractivity contribution >= 4 is 138 Å². The van der Waals surface area contributed by atoms with E-state index in [0.717, 1.165) is 137 Å². The van der Waals surface area contributed by atoms with Gasteiger partial charge in [0, 0.05) is 28.4 Å². The third kappa shape index (κ3) is 11.6. The molecule has 2 N–H and O–H groups in total. The number of hydrogen-bond acceptors (Lipinski definition) is 10. The van der Waals surface area contributed by atoms with Gasteiger partial charge in [0.1, 0.15) is 21.7 Å². The monoisotopic (exact) mass is 1060 g/mol. The summed E-state index contributed by atoms with van der Waals surface area (Å²) in [6.45, 7) is 2.11. The van der Waals surface area contributed by atoms with E-state index in [0.29, 0.717) is 21.0 Å². The average molecular weight is 1060 g/mol. The Morgan fingerprint density at radius 1 is 0.547 bits per heavy atom. The Morgan fingerprint density at radius 3 is 1.28 bits per heavy atom. The summed E-state index contributed by atoms with van der Waals surface area (Å²) in [6.07, 6.45) is 11.7. The Hall–Kier alpha value is -8.18. The lowest BCUT2D eigenvalue weighted by Crippen LogP contribution is -2.33. The van der Waals surface area contributed by atoms with E-state index in [1.165, 1.54) is 6.42 Å². The topological polar surface area (TPSA) is 168 Å². The number of thiocarbonyl (C=S) groups is 2. The van der Waals surface area contributed by atoms with Crippen molar-refractivity contribution in [3.63, 3.8) is 0 Å². The van der Waals surface area contributed by atoms with Crippen molar-refractivity contribution < 1.29 is 29.4 Å². The fourth-order valence-electron chi connectivity index (χ4n) is 9.02. The number of hydrogen-bond donors (Lipinski definition) is 2. The van der Waals surface area contributed by atoms with Crippen molar-refractivity contribution in [3.8, 4) is 34.4 Å². The number of thioether (sulfide) groups is 2. The lowest BCUT2D eigenvalue weighted by Gasteiger charge is -2.10. The number of unbranched alkanes of at least 4 members (excludes halogenated alkanes) is 3. The highest BCUT2D eigenvalue weighted by atomic mass is 32.2. The number of aromatic nitrogens is 1. The van der Waals surface area contributed by atoms with Gasteiger partial charge in [0.25, 0.3) is 11.8 Å². The Morgan fingerprint density at radius 2 is 0.920 bits per heavy atom. The quantitative estimate of drug-likeness (QED) is 0.0292. The Kier molecular flexibility index (Phi) is 15.8. The molecular weight excluding hydrogens is 1010 g/mol. The molecule has 2 saturated heterocycles. The van der Waals surface area contributed by atoms with Crippen LogP contribution >= 0.6 is 48.0 Å². The number of aliphatic carboxylic acids is 2. The summed E-state index contributed by atoms with van der Waals surface area (Å²) in [6, 6.07) is 48.4. The standard InChI is InChI=1S/C60H45N5O6S4/c1-2-3-4-5-26-63-51-24-10-39(27-47(33-61)45-20-16-43(17-21-45)41-12-6-37(7-13-41)31-53-57(70)64(35-55(66)67)59(72)74-53)29-49(51)50-30-40(11-25-52(50)63)28-48(34-62)46-22-18-44(19-23-46)42-14-8-38(9-15-42)32-54-58(71)65(36-56(68)69)60(73)75-54/h6-25,27-32H,2-5,26,35-36H2,1H3,(H,66,67)(H,68,69)/b47-27+,48-28+,53-31+,54-32+. The number of benzene rings is 6. The highest BCUT2D eigenvalue weighted by molar-refractivity contribution is 8.27. The molecule has 6 aromatic carbocycles. The Balaban J connectivity index is 0.944. The minimum absolute atomic E-state index is 0.216. The molecule has 0 unspecified atom stereocenters. The molecule has 0 radical (unpaired) electrons. The number of rotatable bonds is 17. The summed E-state index contributed by atoms with van der Waals surface area (Å²) in [7, 11) is 0. The zero-order chi connectivity index (χ0) is 52.8. The molecule has 3 heterocycles. The van der Waals surface area contributed by atoms with Gasteiger partial charge in [-0.3, -0.25) is 29.0 Å². The van der Waals surface area contributed by atoms with Crippen LogP contribution in [0.2, 0.25) is 0 Å². The van der Waals surface area contributed by atoms with E-state index < -0.39 is 36.8 Å². The van der Waals surface area contributed by atoms with E-state index in [-0.39, 0.29) is 8.64 Å². The van der Waals surface area contributed by atoms with Crippen molar-refractivity contribution in [1.82, 2.24) is 14.4 Å². The summed E-state index contributed by atoms with van der Waals surface area (Å²) < 4.78 is 2.81. The smallest absolute Gasteiger partial charge is 0.323 e. The van der Waals surface area contributed by atoms with Gasteiger partial charge in [-0.2, -0.15) is 10.5 Å². The second-order valence-corrected chi connectivity index (χ2v) is 21.2. The molecule has 0 saturated carbocycles. The van der Waals surface area contributed by atoms with Gasteiger partial charge in [0.05, 0.1) is 33.1 Å². The van der Waals surface area contributed by atoms with E-state index in [1.807, 2.05) is 109 Å². The van der Waals surface area contributed by atoms with Crippen molar-refractivity contribution in [2.24, 2.45) is 0 Å². The average Bonchev–Trinajstić information content (AvgIpc) is 3.97. The molecule has 11 nitrogen and oxygen atoms in total. The first-order valence-electron chi connectivity index (χ1n) is 24.0.